The van der Waals surface area contributed by atoms with Gasteiger partial charge in [-0.1, -0.05) is 43.0 Å². The summed E-state index contributed by atoms with van der Waals surface area (Å²) in [6.07, 6.45) is 0. The van der Waals surface area contributed by atoms with Gasteiger partial charge in [0, 0.05) is 5.57 Å². The highest BCUT2D eigenvalue weighted by Crippen LogP contribution is 2.19. The van der Waals surface area contributed by atoms with Crippen LogP contribution in [0.3, 0.4) is 0 Å². The summed E-state index contributed by atoms with van der Waals surface area (Å²) in [5.41, 5.74) is 0.350. The van der Waals surface area contributed by atoms with Crippen molar-refractivity contribution in [3.63, 3.8) is 0 Å². The van der Waals surface area contributed by atoms with Gasteiger partial charge in [-0.25, -0.2) is 4.79 Å². The fraction of sp³-hybridized carbons (Fsp3) is 0.167. The lowest BCUT2D eigenvalue weighted by atomic mass is 10.3. The van der Waals surface area contributed by atoms with E-state index in [0.29, 0.717) is 5.57 Å². The molecule has 4 nitrogen and oxygen atoms in total. The largest absolute Gasteiger partial charge is 0.460 e. The summed E-state index contributed by atoms with van der Waals surface area (Å²) in [6.45, 7) is 4.81. The predicted octanol–water partition coefficient (Wildman–Crippen LogP) is 3.58. The molecule has 1 N–H and O–H groups in total. The van der Waals surface area contributed by atoms with Gasteiger partial charge in [0.1, 0.15) is 18.1 Å². The normalized spacial score (nSPS) is 9.18. The van der Waals surface area contributed by atoms with E-state index in [1.807, 2.05) is 60.7 Å². The fourth-order valence-electron chi connectivity index (χ4n) is 1.37. The summed E-state index contributed by atoms with van der Waals surface area (Å²) < 4.78 is 10.0. The minimum absolute atomic E-state index is 0.0473. The molecule has 22 heavy (non-hydrogen) atoms. The summed E-state index contributed by atoms with van der Waals surface area (Å²) in [7, 11) is 0. The van der Waals surface area contributed by atoms with Crippen LogP contribution in [0, 0.1) is 0 Å². The van der Waals surface area contributed by atoms with Gasteiger partial charge in [0.2, 0.25) is 0 Å². The van der Waals surface area contributed by atoms with Crippen LogP contribution in [-0.2, 0) is 9.53 Å². The number of benzene rings is 2. The predicted molar refractivity (Wildman–Crippen MR) is 85.8 cm³/mol. The maximum absolute atomic E-state index is 10.5. The van der Waals surface area contributed by atoms with E-state index < -0.39 is 5.97 Å². The third-order valence-corrected chi connectivity index (χ3v) is 2.40. The van der Waals surface area contributed by atoms with E-state index in [-0.39, 0.29) is 13.2 Å². The van der Waals surface area contributed by atoms with Gasteiger partial charge >= 0.3 is 5.97 Å². The van der Waals surface area contributed by atoms with Gasteiger partial charge in [0.15, 0.2) is 0 Å². The van der Waals surface area contributed by atoms with Crippen molar-refractivity contribution >= 4 is 5.97 Å². The second-order valence-corrected chi connectivity index (χ2v) is 4.37. The zero-order chi connectivity index (χ0) is 16.2. The van der Waals surface area contributed by atoms with Gasteiger partial charge in [0.25, 0.3) is 0 Å². The van der Waals surface area contributed by atoms with Crippen molar-refractivity contribution in [2.75, 3.05) is 13.2 Å². The van der Waals surface area contributed by atoms with E-state index in [9.17, 15) is 4.79 Å². The molecule has 0 aliphatic rings. The molecule has 2 rings (SSSR count). The molecule has 0 radical (unpaired) electrons. The molecule has 0 atom stereocenters. The van der Waals surface area contributed by atoms with E-state index in [4.69, 9.17) is 9.84 Å². The lowest BCUT2D eigenvalue weighted by Gasteiger charge is -2.03. The second-order valence-electron chi connectivity index (χ2n) is 4.37. The molecule has 0 bridgehead atoms. The van der Waals surface area contributed by atoms with Crippen LogP contribution in [0.2, 0.25) is 0 Å². The van der Waals surface area contributed by atoms with Crippen molar-refractivity contribution in [3.8, 4) is 11.5 Å². The molecule has 0 aliphatic heterocycles. The van der Waals surface area contributed by atoms with Crippen molar-refractivity contribution < 1.29 is 19.4 Å². The molecule has 0 saturated heterocycles. The standard InChI is InChI=1S/C12H10O.C6H10O3/c1-3-7-11(8-4-1)13-12-9-5-2-6-10-12;1-5(2)6(8)9-4-3-7/h1-10H;7H,1,3-4H2,2H3. The zero-order valence-corrected chi connectivity index (χ0v) is 12.6. The molecule has 4 heteroatoms. The summed E-state index contributed by atoms with van der Waals surface area (Å²) in [5.74, 6) is 1.28. The highest BCUT2D eigenvalue weighted by molar-refractivity contribution is 5.86. The van der Waals surface area contributed by atoms with E-state index in [1.54, 1.807) is 6.92 Å². The Morgan fingerprint density at radius 1 is 1.00 bits per heavy atom. The monoisotopic (exact) mass is 300 g/mol. The van der Waals surface area contributed by atoms with Crippen molar-refractivity contribution in [2.45, 2.75) is 6.92 Å². The van der Waals surface area contributed by atoms with Crippen LogP contribution in [0.4, 0.5) is 0 Å². The topological polar surface area (TPSA) is 55.8 Å². The Hall–Kier alpha value is -2.59. The number of carbonyl (C=O) groups excluding carboxylic acids is 1. The molecule has 0 aromatic heterocycles. The Morgan fingerprint density at radius 3 is 1.82 bits per heavy atom. The van der Waals surface area contributed by atoms with Crippen molar-refractivity contribution in [1.82, 2.24) is 0 Å². The molecule has 0 heterocycles. The first kappa shape index (κ1) is 17.5. The minimum atomic E-state index is -0.455. The van der Waals surface area contributed by atoms with E-state index in [0.717, 1.165) is 11.5 Å². The number of esters is 1. The van der Waals surface area contributed by atoms with Gasteiger partial charge in [0.05, 0.1) is 6.61 Å². The van der Waals surface area contributed by atoms with Crippen molar-refractivity contribution in [2.24, 2.45) is 0 Å². The van der Waals surface area contributed by atoms with Crippen LogP contribution >= 0.6 is 0 Å². The Morgan fingerprint density at radius 2 is 1.45 bits per heavy atom. The highest BCUT2D eigenvalue weighted by Gasteiger charge is 1.99. The third-order valence-electron chi connectivity index (χ3n) is 2.40. The molecule has 0 fully saturated rings. The number of aliphatic hydroxyl groups is 1. The average Bonchev–Trinajstić information content (AvgIpc) is 2.55. The van der Waals surface area contributed by atoms with Gasteiger partial charge in [-0.05, 0) is 31.2 Å². The number of hydrogen-bond donors (Lipinski definition) is 1. The molecule has 2 aromatic rings. The summed E-state index contributed by atoms with van der Waals surface area (Å²) in [6, 6.07) is 19.5. The third kappa shape index (κ3) is 7.26. The number of para-hydroxylation sites is 2. The molecular weight excluding hydrogens is 280 g/mol. The Balaban J connectivity index is 0.000000239. The van der Waals surface area contributed by atoms with Crippen LogP contribution in [0.15, 0.2) is 72.8 Å². The molecule has 0 aliphatic carbocycles. The second kappa shape index (κ2) is 10.2. The van der Waals surface area contributed by atoms with Gasteiger partial charge < -0.3 is 14.6 Å². The molecular formula is C18H20O4. The van der Waals surface area contributed by atoms with Gasteiger partial charge in [-0.15, -0.1) is 0 Å². The van der Waals surface area contributed by atoms with Crippen molar-refractivity contribution in [3.05, 3.63) is 72.8 Å². The molecule has 2 aromatic carbocycles. The van der Waals surface area contributed by atoms with E-state index in [1.165, 1.54) is 0 Å². The van der Waals surface area contributed by atoms with Crippen LogP contribution in [0.25, 0.3) is 0 Å². The number of ether oxygens (including phenoxy) is 2. The maximum atomic E-state index is 10.5. The molecule has 0 saturated carbocycles. The quantitative estimate of drug-likeness (QED) is 0.677. The van der Waals surface area contributed by atoms with E-state index in [2.05, 4.69) is 11.3 Å². The van der Waals surface area contributed by atoms with Gasteiger partial charge in [-0.3, -0.25) is 0 Å². The van der Waals surface area contributed by atoms with Gasteiger partial charge in [-0.2, -0.15) is 0 Å². The smallest absolute Gasteiger partial charge is 0.333 e. The van der Waals surface area contributed by atoms with Crippen LogP contribution in [0.1, 0.15) is 6.92 Å². The Labute approximate surface area is 130 Å². The summed E-state index contributed by atoms with van der Waals surface area (Å²) in [4.78, 5) is 10.5. The average molecular weight is 300 g/mol. The SMILES string of the molecule is C=C(C)C(=O)OCCO.c1ccc(Oc2ccccc2)cc1. The molecule has 116 valence electrons. The summed E-state index contributed by atoms with van der Waals surface area (Å²) in [5, 5.41) is 8.19. The van der Waals surface area contributed by atoms with Crippen LogP contribution < -0.4 is 4.74 Å². The minimum Gasteiger partial charge on any atom is -0.460 e. The first-order valence-corrected chi connectivity index (χ1v) is 6.85. The number of carbonyl (C=O) groups is 1. The van der Waals surface area contributed by atoms with Crippen molar-refractivity contribution in [1.29, 1.82) is 0 Å². The lowest BCUT2D eigenvalue weighted by molar-refractivity contribution is -0.139. The molecule has 0 unspecified atom stereocenters. The zero-order valence-electron chi connectivity index (χ0n) is 12.6. The molecule has 0 spiro atoms. The van der Waals surface area contributed by atoms with E-state index >= 15 is 0 Å². The molecule has 0 amide bonds. The summed E-state index contributed by atoms with van der Waals surface area (Å²) >= 11 is 0. The number of rotatable bonds is 5. The maximum Gasteiger partial charge on any atom is 0.333 e. The number of hydrogen-bond acceptors (Lipinski definition) is 4. The Kier molecular flexibility index (Phi) is 8.08. The number of aliphatic hydroxyl groups excluding tert-OH is 1. The fourth-order valence-corrected chi connectivity index (χ4v) is 1.37. The lowest BCUT2D eigenvalue weighted by Crippen LogP contribution is -2.08. The van der Waals surface area contributed by atoms with Crippen LogP contribution in [0.5, 0.6) is 11.5 Å². The highest BCUT2D eigenvalue weighted by atomic mass is 16.5. The first-order chi connectivity index (χ1) is 10.6. The van der Waals surface area contributed by atoms with Crippen LogP contribution in [-0.4, -0.2) is 24.3 Å². The Bertz CT molecular complexity index is 527. The first-order valence-electron chi connectivity index (χ1n) is 6.85.